The summed E-state index contributed by atoms with van der Waals surface area (Å²) in [6.07, 6.45) is 6.44. The zero-order valence-corrected chi connectivity index (χ0v) is 15.2. The Morgan fingerprint density at radius 1 is 1.11 bits per heavy atom. The lowest BCUT2D eigenvalue weighted by atomic mass is 9.97. The van der Waals surface area contributed by atoms with Crippen molar-refractivity contribution >= 4 is 11.8 Å². The van der Waals surface area contributed by atoms with Crippen LogP contribution in [0.1, 0.15) is 32.7 Å². The van der Waals surface area contributed by atoms with Crippen LogP contribution >= 0.6 is 0 Å². The van der Waals surface area contributed by atoms with Crippen molar-refractivity contribution in [1.82, 2.24) is 24.6 Å². The van der Waals surface area contributed by atoms with Crippen LogP contribution in [0.3, 0.4) is 0 Å². The number of nitrogens with zero attached hydrogens (tertiary/aromatic N) is 5. The molecule has 1 saturated heterocycles. The minimum absolute atomic E-state index is 0.00916. The van der Waals surface area contributed by atoms with Crippen molar-refractivity contribution in [2.24, 2.45) is 11.7 Å². The predicted octanol–water partition coefficient (Wildman–Crippen LogP) is 1.47. The molecule has 0 aliphatic carbocycles. The third kappa shape index (κ3) is 3.75. The van der Waals surface area contributed by atoms with Gasteiger partial charge in [0.2, 0.25) is 5.91 Å². The summed E-state index contributed by atoms with van der Waals surface area (Å²) in [6, 6.07) is 10.9. The Morgan fingerprint density at radius 3 is 2.71 bits per heavy atom. The molecule has 1 unspecified atom stereocenters. The number of carbonyl (C=O) groups is 2. The Balaban J connectivity index is 1.43. The summed E-state index contributed by atoms with van der Waals surface area (Å²) in [4.78, 5) is 30.4. The number of likely N-dealkylation sites (tertiary alicyclic amines) is 1. The molecule has 0 bridgehead atoms. The highest BCUT2D eigenvalue weighted by Gasteiger charge is 2.27. The first-order chi connectivity index (χ1) is 13.6. The van der Waals surface area contributed by atoms with E-state index in [4.69, 9.17) is 5.73 Å². The van der Waals surface area contributed by atoms with Gasteiger partial charge in [0.05, 0.1) is 0 Å². The molecule has 2 N–H and O–H groups in total. The highest BCUT2D eigenvalue weighted by Crippen LogP contribution is 2.23. The maximum Gasteiger partial charge on any atom is 0.254 e. The minimum Gasteiger partial charge on any atom is -0.366 e. The minimum atomic E-state index is -0.424. The molecular formula is C20H20N6O2. The number of rotatable bonds is 5. The lowest BCUT2D eigenvalue weighted by Gasteiger charge is -2.17. The summed E-state index contributed by atoms with van der Waals surface area (Å²) in [7, 11) is 0. The number of carbonyl (C=O) groups excluding carboxylic acids is 2. The first kappa shape index (κ1) is 17.8. The molecule has 2 amide bonds. The van der Waals surface area contributed by atoms with E-state index in [0.29, 0.717) is 36.0 Å². The summed E-state index contributed by atoms with van der Waals surface area (Å²) in [5.74, 6) is 0.526. The number of pyridine rings is 1. The standard InChI is InChI=1S/C20H20N6O2/c21-19(27)16-3-1-2-14(9-16)8-15-5-7-25(11-15)20(28)17-4-6-22-18(10-17)26-12-23-24-13-26/h1-4,6,9-10,12-13,15H,5,7-8,11H2,(H2,21,27). The topological polar surface area (TPSA) is 107 Å². The molecule has 142 valence electrons. The molecule has 8 nitrogen and oxygen atoms in total. The normalized spacial score (nSPS) is 16.3. The Labute approximate surface area is 162 Å². The van der Waals surface area contributed by atoms with Crippen LogP contribution in [-0.2, 0) is 6.42 Å². The van der Waals surface area contributed by atoms with E-state index >= 15 is 0 Å². The van der Waals surface area contributed by atoms with Crippen molar-refractivity contribution in [3.8, 4) is 5.82 Å². The van der Waals surface area contributed by atoms with Gasteiger partial charge in [0.1, 0.15) is 18.5 Å². The van der Waals surface area contributed by atoms with E-state index in [2.05, 4.69) is 15.2 Å². The van der Waals surface area contributed by atoms with Gasteiger partial charge in [-0.05, 0) is 48.6 Å². The van der Waals surface area contributed by atoms with E-state index < -0.39 is 5.91 Å². The highest BCUT2D eigenvalue weighted by molar-refractivity contribution is 5.94. The van der Waals surface area contributed by atoms with Crippen LogP contribution in [0, 0.1) is 5.92 Å². The maximum absolute atomic E-state index is 12.9. The predicted molar refractivity (Wildman–Crippen MR) is 102 cm³/mol. The zero-order chi connectivity index (χ0) is 19.5. The van der Waals surface area contributed by atoms with E-state index in [9.17, 15) is 9.59 Å². The fraction of sp³-hybridized carbons (Fsp3) is 0.250. The number of hydrogen-bond acceptors (Lipinski definition) is 5. The summed E-state index contributed by atoms with van der Waals surface area (Å²) in [5, 5.41) is 7.53. The van der Waals surface area contributed by atoms with Crippen LogP contribution in [0.4, 0.5) is 0 Å². The summed E-state index contributed by atoms with van der Waals surface area (Å²) in [5.41, 5.74) is 7.53. The van der Waals surface area contributed by atoms with E-state index in [1.165, 1.54) is 0 Å². The van der Waals surface area contributed by atoms with Gasteiger partial charge in [-0.3, -0.25) is 14.2 Å². The van der Waals surface area contributed by atoms with Gasteiger partial charge in [-0.2, -0.15) is 0 Å². The molecule has 8 heteroatoms. The Hall–Kier alpha value is -3.55. The number of primary amides is 1. The molecule has 1 fully saturated rings. The van der Waals surface area contributed by atoms with E-state index in [1.54, 1.807) is 41.6 Å². The first-order valence-electron chi connectivity index (χ1n) is 9.09. The summed E-state index contributed by atoms with van der Waals surface area (Å²) >= 11 is 0. The van der Waals surface area contributed by atoms with Gasteiger partial charge >= 0.3 is 0 Å². The van der Waals surface area contributed by atoms with Gasteiger partial charge in [-0.15, -0.1) is 10.2 Å². The van der Waals surface area contributed by atoms with Crippen molar-refractivity contribution in [2.45, 2.75) is 12.8 Å². The van der Waals surface area contributed by atoms with Gasteiger partial charge in [-0.25, -0.2) is 4.98 Å². The van der Waals surface area contributed by atoms with Crippen molar-refractivity contribution in [3.63, 3.8) is 0 Å². The van der Waals surface area contributed by atoms with Crippen LogP contribution in [0.25, 0.3) is 5.82 Å². The second-order valence-electron chi connectivity index (χ2n) is 6.95. The smallest absolute Gasteiger partial charge is 0.254 e. The molecule has 28 heavy (non-hydrogen) atoms. The van der Waals surface area contributed by atoms with Crippen LogP contribution in [0.2, 0.25) is 0 Å². The fourth-order valence-corrected chi connectivity index (χ4v) is 3.56. The number of amides is 2. The zero-order valence-electron chi connectivity index (χ0n) is 15.2. The van der Waals surface area contributed by atoms with Gasteiger partial charge in [-0.1, -0.05) is 12.1 Å². The molecule has 1 aliphatic rings. The number of nitrogens with two attached hydrogens (primary N) is 1. The van der Waals surface area contributed by atoms with Gasteiger partial charge in [0.15, 0.2) is 0 Å². The molecule has 4 rings (SSSR count). The second-order valence-corrected chi connectivity index (χ2v) is 6.95. The number of benzene rings is 1. The van der Waals surface area contributed by atoms with E-state index in [0.717, 1.165) is 18.4 Å². The molecule has 1 aliphatic heterocycles. The number of aromatic nitrogens is 4. The molecule has 1 aromatic carbocycles. The van der Waals surface area contributed by atoms with Crippen LogP contribution in [0.15, 0.2) is 55.2 Å². The SMILES string of the molecule is NC(=O)c1cccc(CC2CCN(C(=O)c3ccnc(-n4cnnc4)c3)C2)c1. The van der Waals surface area contributed by atoms with Crippen molar-refractivity contribution in [3.05, 3.63) is 71.9 Å². The largest absolute Gasteiger partial charge is 0.366 e. The Kier molecular flexibility index (Phi) is 4.84. The molecule has 0 saturated carbocycles. The molecule has 3 heterocycles. The molecule has 1 atom stereocenters. The van der Waals surface area contributed by atoms with E-state index in [-0.39, 0.29) is 5.91 Å². The van der Waals surface area contributed by atoms with Crippen molar-refractivity contribution < 1.29 is 9.59 Å². The molecule has 0 spiro atoms. The quantitative estimate of drug-likeness (QED) is 0.725. The van der Waals surface area contributed by atoms with Crippen LogP contribution in [-0.4, -0.2) is 49.6 Å². The summed E-state index contributed by atoms with van der Waals surface area (Å²) in [6.45, 7) is 1.40. The average molecular weight is 376 g/mol. The fourth-order valence-electron chi connectivity index (χ4n) is 3.56. The van der Waals surface area contributed by atoms with Crippen LogP contribution < -0.4 is 5.73 Å². The van der Waals surface area contributed by atoms with Gasteiger partial charge in [0, 0.05) is 30.4 Å². The lowest BCUT2D eigenvalue weighted by molar-refractivity contribution is 0.0786. The van der Waals surface area contributed by atoms with Gasteiger partial charge in [0.25, 0.3) is 5.91 Å². The molecule has 2 aromatic heterocycles. The lowest BCUT2D eigenvalue weighted by Crippen LogP contribution is -2.29. The van der Waals surface area contributed by atoms with Gasteiger partial charge < -0.3 is 10.6 Å². The highest BCUT2D eigenvalue weighted by atomic mass is 16.2. The third-order valence-corrected chi connectivity index (χ3v) is 4.98. The Morgan fingerprint density at radius 2 is 1.93 bits per heavy atom. The van der Waals surface area contributed by atoms with Crippen LogP contribution in [0.5, 0.6) is 0 Å². The monoisotopic (exact) mass is 376 g/mol. The molecular weight excluding hydrogens is 356 g/mol. The third-order valence-electron chi connectivity index (χ3n) is 4.98. The maximum atomic E-state index is 12.9. The molecule has 3 aromatic rings. The average Bonchev–Trinajstić information content (AvgIpc) is 3.40. The number of hydrogen-bond donors (Lipinski definition) is 1. The van der Waals surface area contributed by atoms with Crippen molar-refractivity contribution in [2.75, 3.05) is 13.1 Å². The van der Waals surface area contributed by atoms with E-state index in [1.807, 2.05) is 23.1 Å². The molecule has 0 radical (unpaired) electrons. The Bertz CT molecular complexity index is 1000. The van der Waals surface area contributed by atoms with Crippen molar-refractivity contribution in [1.29, 1.82) is 0 Å². The summed E-state index contributed by atoms with van der Waals surface area (Å²) < 4.78 is 1.66. The first-order valence-corrected chi connectivity index (χ1v) is 9.09. The second kappa shape index (κ2) is 7.59.